The van der Waals surface area contributed by atoms with Crippen molar-refractivity contribution in [2.75, 3.05) is 18.6 Å². The third-order valence-electron chi connectivity index (χ3n) is 7.30. The van der Waals surface area contributed by atoms with Gasteiger partial charge in [0.25, 0.3) is 5.91 Å². The second-order valence-corrected chi connectivity index (χ2v) is 12.1. The van der Waals surface area contributed by atoms with Crippen LogP contribution in [0.2, 0.25) is 0 Å². The zero-order valence-corrected chi connectivity index (χ0v) is 24.1. The van der Waals surface area contributed by atoms with Crippen molar-refractivity contribution in [1.82, 2.24) is 9.03 Å². The molecule has 0 spiro atoms. The number of ether oxygens (including phenoxy) is 1. The van der Waals surface area contributed by atoms with Gasteiger partial charge in [-0.05, 0) is 75.3 Å². The number of nitrogens with one attached hydrogen (secondary N) is 1. The fourth-order valence-corrected chi connectivity index (χ4v) is 6.56. The number of anilines is 1. The Morgan fingerprint density at radius 2 is 1.45 bits per heavy atom. The molecule has 3 aromatic rings. The standard InChI is InChI=1S/C31H37N3O5S/c1-23-18-24(2)20-27(19-23)30(35)33(22-26-10-6-4-7-11-26)40(37,38)32-21-25-14-16-29(17-15-25)34(31(36)39-3)28-12-8-5-9-13-28/h4-13,18-20,25,29,32H,14-17,21-22H2,1-3H3. The summed E-state index contributed by atoms with van der Waals surface area (Å²) in [4.78, 5) is 27.8. The Kier molecular flexibility index (Phi) is 9.60. The van der Waals surface area contributed by atoms with Gasteiger partial charge in [0.2, 0.25) is 0 Å². The average molecular weight is 564 g/mol. The van der Waals surface area contributed by atoms with Crippen LogP contribution in [0.15, 0.2) is 78.9 Å². The minimum Gasteiger partial charge on any atom is -0.452 e. The van der Waals surface area contributed by atoms with Crippen molar-refractivity contribution >= 4 is 27.9 Å². The number of hydrogen-bond acceptors (Lipinski definition) is 5. The maximum Gasteiger partial charge on any atom is 0.414 e. The molecule has 0 bridgehead atoms. The molecule has 0 aromatic heterocycles. The van der Waals surface area contributed by atoms with E-state index >= 15 is 0 Å². The van der Waals surface area contributed by atoms with Gasteiger partial charge in [-0.15, -0.1) is 0 Å². The van der Waals surface area contributed by atoms with Crippen molar-refractivity contribution in [3.63, 3.8) is 0 Å². The molecule has 4 rings (SSSR count). The van der Waals surface area contributed by atoms with Gasteiger partial charge < -0.3 is 4.74 Å². The van der Waals surface area contributed by atoms with Crippen molar-refractivity contribution in [2.24, 2.45) is 5.92 Å². The number of benzene rings is 3. The smallest absolute Gasteiger partial charge is 0.414 e. The summed E-state index contributed by atoms with van der Waals surface area (Å²) >= 11 is 0. The van der Waals surface area contributed by atoms with E-state index in [0.29, 0.717) is 18.4 Å². The van der Waals surface area contributed by atoms with Crippen LogP contribution in [0.4, 0.5) is 10.5 Å². The number of aryl methyl sites for hydroxylation is 2. The van der Waals surface area contributed by atoms with Crippen LogP contribution in [0.1, 0.15) is 52.7 Å². The highest BCUT2D eigenvalue weighted by Gasteiger charge is 2.33. The van der Waals surface area contributed by atoms with E-state index in [1.165, 1.54) is 7.11 Å². The maximum atomic E-state index is 13.6. The van der Waals surface area contributed by atoms with Gasteiger partial charge >= 0.3 is 16.3 Å². The molecular formula is C31H37N3O5S. The van der Waals surface area contributed by atoms with Gasteiger partial charge in [-0.25, -0.2) is 9.10 Å². The van der Waals surface area contributed by atoms with E-state index in [-0.39, 0.29) is 25.0 Å². The van der Waals surface area contributed by atoms with Crippen LogP contribution in [0.3, 0.4) is 0 Å². The lowest BCUT2D eigenvalue weighted by Crippen LogP contribution is -2.47. The largest absolute Gasteiger partial charge is 0.452 e. The number of carbonyl (C=O) groups is 2. The van der Waals surface area contributed by atoms with Crippen molar-refractivity contribution in [1.29, 1.82) is 0 Å². The van der Waals surface area contributed by atoms with E-state index in [1.54, 1.807) is 29.2 Å². The maximum absolute atomic E-state index is 13.6. The van der Waals surface area contributed by atoms with Gasteiger partial charge in [0.15, 0.2) is 0 Å². The van der Waals surface area contributed by atoms with E-state index < -0.39 is 22.2 Å². The monoisotopic (exact) mass is 563 g/mol. The number of para-hydroxylation sites is 1. The topological polar surface area (TPSA) is 96.0 Å². The first-order valence-corrected chi connectivity index (χ1v) is 15.0. The lowest BCUT2D eigenvalue weighted by molar-refractivity contribution is 0.0853. The summed E-state index contributed by atoms with van der Waals surface area (Å²) in [6.45, 7) is 3.91. The van der Waals surface area contributed by atoms with E-state index in [2.05, 4.69) is 4.72 Å². The third kappa shape index (κ3) is 7.28. The Balaban J connectivity index is 1.45. The Bertz CT molecular complexity index is 1390. The molecule has 0 heterocycles. The number of carbonyl (C=O) groups excluding carboxylic acids is 2. The van der Waals surface area contributed by atoms with E-state index in [4.69, 9.17) is 4.74 Å². The summed E-state index contributed by atoms with van der Waals surface area (Å²) in [6, 6.07) is 23.8. The molecule has 3 aromatic carbocycles. The molecule has 1 N–H and O–H groups in total. The number of amides is 2. The summed E-state index contributed by atoms with van der Waals surface area (Å²) in [6.07, 6.45) is 2.49. The molecule has 1 saturated carbocycles. The lowest BCUT2D eigenvalue weighted by Gasteiger charge is -2.36. The van der Waals surface area contributed by atoms with Crippen molar-refractivity contribution < 1.29 is 22.7 Å². The minimum atomic E-state index is -4.13. The van der Waals surface area contributed by atoms with Gasteiger partial charge in [-0.2, -0.15) is 13.1 Å². The van der Waals surface area contributed by atoms with E-state index in [0.717, 1.165) is 39.5 Å². The summed E-state index contributed by atoms with van der Waals surface area (Å²) < 4.78 is 35.8. The molecule has 8 nitrogen and oxygen atoms in total. The molecule has 0 aliphatic heterocycles. The van der Waals surface area contributed by atoms with Gasteiger partial charge in [-0.1, -0.05) is 65.7 Å². The summed E-state index contributed by atoms with van der Waals surface area (Å²) in [5.74, 6) is -0.486. The summed E-state index contributed by atoms with van der Waals surface area (Å²) in [5, 5.41) is 0. The number of rotatable bonds is 9. The minimum absolute atomic E-state index is 0.0385. The molecule has 1 aliphatic rings. The molecule has 0 unspecified atom stereocenters. The fourth-order valence-electron chi connectivity index (χ4n) is 5.32. The number of methoxy groups -OCH3 is 1. The van der Waals surface area contributed by atoms with Gasteiger partial charge in [0, 0.05) is 23.8 Å². The fraction of sp³-hybridized carbons (Fsp3) is 0.355. The van der Waals surface area contributed by atoms with Crippen LogP contribution in [-0.2, 0) is 21.5 Å². The second kappa shape index (κ2) is 13.1. The average Bonchev–Trinajstić information content (AvgIpc) is 2.95. The SMILES string of the molecule is COC(=O)N(c1ccccc1)C1CCC(CNS(=O)(=O)N(Cc2ccccc2)C(=O)c2cc(C)cc(C)c2)CC1. The van der Waals surface area contributed by atoms with Crippen molar-refractivity contribution in [3.05, 3.63) is 101 Å². The zero-order valence-electron chi connectivity index (χ0n) is 23.2. The Labute approximate surface area is 237 Å². The van der Waals surface area contributed by atoms with Crippen LogP contribution in [-0.4, -0.2) is 44.4 Å². The molecule has 0 atom stereocenters. The molecule has 1 aliphatic carbocycles. The van der Waals surface area contributed by atoms with E-state index in [1.807, 2.05) is 68.4 Å². The molecule has 0 saturated heterocycles. The highest BCUT2D eigenvalue weighted by Crippen LogP contribution is 2.31. The van der Waals surface area contributed by atoms with Crippen LogP contribution in [0, 0.1) is 19.8 Å². The Morgan fingerprint density at radius 3 is 2.02 bits per heavy atom. The highest BCUT2D eigenvalue weighted by molar-refractivity contribution is 7.87. The lowest BCUT2D eigenvalue weighted by atomic mass is 9.85. The van der Waals surface area contributed by atoms with Crippen LogP contribution < -0.4 is 9.62 Å². The van der Waals surface area contributed by atoms with E-state index in [9.17, 15) is 18.0 Å². The molecule has 2 amide bonds. The normalized spacial score (nSPS) is 17.2. The summed E-state index contributed by atoms with van der Waals surface area (Å²) in [7, 11) is -2.76. The van der Waals surface area contributed by atoms with Gasteiger partial charge in [-0.3, -0.25) is 9.69 Å². The first-order valence-electron chi connectivity index (χ1n) is 13.5. The first kappa shape index (κ1) is 29.3. The molecule has 1 fully saturated rings. The predicted octanol–water partition coefficient (Wildman–Crippen LogP) is 5.61. The first-order chi connectivity index (χ1) is 19.2. The van der Waals surface area contributed by atoms with Crippen LogP contribution in [0.25, 0.3) is 0 Å². The number of nitrogens with zero attached hydrogens (tertiary/aromatic N) is 2. The Hall–Kier alpha value is -3.69. The molecule has 9 heteroatoms. The molecule has 40 heavy (non-hydrogen) atoms. The van der Waals surface area contributed by atoms with Gasteiger partial charge in [0.1, 0.15) is 0 Å². The Morgan fingerprint density at radius 1 is 0.875 bits per heavy atom. The van der Waals surface area contributed by atoms with Crippen molar-refractivity contribution in [3.8, 4) is 0 Å². The molecule has 0 radical (unpaired) electrons. The molecular weight excluding hydrogens is 526 g/mol. The third-order valence-corrected chi connectivity index (χ3v) is 8.70. The molecule has 212 valence electrons. The van der Waals surface area contributed by atoms with Crippen molar-refractivity contribution in [2.45, 2.75) is 52.1 Å². The predicted molar refractivity (Wildman–Crippen MR) is 156 cm³/mol. The summed E-state index contributed by atoms with van der Waals surface area (Å²) in [5.41, 5.74) is 3.61. The van der Waals surface area contributed by atoms with Gasteiger partial charge in [0.05, 0.1) is 13.7 Å². The van der Waals surface area contributed by atoms with Crippen LogP contribution >= 0.6 is 0 Å². The quantitative estimate of drug-likeness (QED) is 0.365. The number of hydrogen-bond donors (Lipinski definition) is 1. The zero-order chi connectivity index (χ0) is 28.7. The second-order valence-electron chi connectivity index (χ2n) is 10.4. The van der Waals surface area contributed by atoms with Crippen LogP contribution in [0.5, 0.6) is 0 Å². The highest BCUT2D eigenvalue weighted by atomic mass is 32.2.